The van der Waals surface area contributed by atoms with E-state index in [1.165, 1.54) is 13.1 Å². The Labute approximate surface area is 52.7 Å². The van der Waals surface area contributed by atoms with Crippen molar-refractivity contribution in [1.82, 2.24) is 4.98 Å². The van der Waals surface area contributed by atoms with Gasteiger partial charge in [-0.25, -0.2) is 4.98 Å². The van der Waals surface area contributed by atoms with E-state index in [2.05, 4.69) is 4.98 Å². The van der Waals surface area contributed by atoms with Crippen LogP contribution in [0.15, 0.2) is 10.6 Å². The molecular weight excluding hydrogens is 118 g/mol. The number of aromatic nitrogens is 1. The smallest absolute Gasteiger partial charge is 0.196 e. The van der Waals surface area contributed by atoms with Gasteiger partial charge in [0.25, 0.3) is 0 Å². The molecule has 0 spiro atoms. The third kappa shape index (κ3) is 1.16. The second-order valence-electron chi connectivity index (χ2n) is 1.80. The van der Waals surface area contributed by atoms with Crippen molar-refractivity contribution in [3.63, 3.8) is 0 Å². The first-order valence-corrected chi connectivity index (χ1v) is 2.63. The highest BCUT2D eigenvalue weighted by molar-refractivity contribution is 5.90. The second-order valence-corrected chi connectivity index (χ2v) is 1.80. The molecule has 1 aromatic rings. The van der Waals surface area contributed by atoms with E-state index >= 15 is 0 Å². The summed E-state index contributed by atoms with van der Waals surface area (Å²) < 4.78 is 4.88. The van der Waals surface area contributed by atoms with Gasteiger partial charge in [-0.15, -0.1) is 0 Å². The number of hydrogen-bond donors (Lipinski definition) is 0. The summed E-state index contributed by atoms with van der Waals surface area (Å²) in [6, 6.07) is 0. The first-order valence-electron chi connectivity index (χ1n) is 2.63. The number of Topliss-reactive ketones (excluding diaryl/α,β-unsaturated/α-hetero) is 1. The van der Waals surface area contributed by atoms with Gasteiger partial charge in [0.05, 0.1) is 6.20 Å². The molecule has 0 saturated carbocycles. The van der Waals surface area contributed by atoms with Gasteiger partial charge in [0.15, 0.2) is 17.4 Å². The molecule has 0 amide bonds. The lowest BCUT2D eigenvalue weighted by Crippen LogP contribution is -1.85. The predicted molar refractivity (Wildman–Crippen MR) is 31.2 cm³/mol. The van der Waals surface area contributed by atoms with Gasteiger partial charge >= 0.3 is 0 Å². The third-order valence-electron chi connectivity index (χ3n) is 0.968. The molecule has 0 aliphatic heterocycles. The van der Waals surface area contributed by atoms with Crippen molar-refractivity contribution >= 4 is 5.78 Å². The minimum Gasteiger partial charge on any atom is -0.438 e. The molecule has 0 fully saturated rings. The van der Waals surface area contributed by atoms with E-state index in [1.54, 1.807) is 6.92 Å². The highest BCUT2D eigenvalue weighted by Gasteiger charge is 2.02. The lowest BCUT2D eigenvalue weighted by atomic mass is 10.4. The fraction of sp³-hybridized carbons (Fsp3) is 0.333. The van der Waals surface area contributed by atoms with Crippen LogP contribution in [-0.4, -0.2) is 10.8 Å². The average molecular weight is 125 g/mol. The van der Waals surface area contributed by atoms with E-state index in [0.29, 0.717) is 11.7 Å². The Morgan fingerprint density at radius 1 is 1.78 bits per heavy atom. The predicted octanol–water partition coefficient (Wildman–Crippen LogP) is 1.19. The van der Waals surface area contributed by atoms with Crippen LogP contribution < -0.4 is 0 Å². The Morgan fingerprint density at radius 2 is 2.44 bits per heavy atom. The Kier molecular flexibility index (Phi) is 1.34. The van der Waals surface area contributed by atoms with Crippen molar-refractivity contribution in [2.45, 2.75) is 13.8 Å². The Hall–Kier alpha value is -1.12. The maximum Gasteiger partial charge on any atom is 0.196 e. The van der Waals surface area contributed by atoms with E-state index in [0.717, 1.165) is 0 Å². The van der Waals surface area contributed by atoms with Gasteiger partial charge in [-0.3, -0.25) is 4.79 Å². The summed E-state index contributed by atoms with van der Waals surface area (Å²) in [4.78, 5) is 14.3. The summed E-state index contributed by atoms with van der Waals surface area (Å²) in [5.74, 6) is 0.767. The molecule has 0 aliphatic carbocycles. The highest BCUT2D eigenvalue weighted by Crippen LogP contribution is 2.01. The maximum atomic E-state index is 10.5. The Balaban J connectivity index is 2.98. The van der Waals surface area contributed by atoms with E-state index in [1.807, 2.05) is 0 Å². The van der Waals surface area contributed by atoms with Crippen molar-refractivity contribution in [2.75, 3.05) is 0 Å². The maximum absolute atomic E-state index is 10.5. The molecule has 0 unspecified atom stereocenters. The van der Waals surface area contributed by atoms with Gasteiger partial charge < -0.3 is 4.42 Å². The molecule has 0 aliphatic rings. The van der Waals surface area contributed by atoms with Crippen LogP contribution in [0.25, 0.3) is 0 Å². The van der Waals surface area contributed by atoms with E-state index in [9.17, 15) is 4.79 Å². The molecule has 3 nitrogen and oxygen atoms in total. The molecule has 0 N–H and O–H groups in total. The number of carbonyl (C=O) groups is 1. The van der Waals surface area contributed by atoms with Crippen LogP contribution >= 0.6 is 0 Å². The number of aryl methyl sites for hydroxylation is 1. The Bertz CT molecular complexity index is 227. The van der Waals surface area contributed by atoms with Gasteiger partial charge in [0.2, 0.25) is 0 Å². The minimum absolute atomic E-state index is 0.0874. The van der Waals surface area contributed by atoms with Crippen LogP contribution in [0.4, 0.5) is 0 Å². The quantitative estimate of drug-likeness (QED) is 0.529. The number of carbonyl (C=O) groups excluding carboxylic acids is 1. The standard InChI is InChI=1S/C6H7NO2/c1-4(8)6-3-7-5(2)9-6/h3H,1-2H3. The van der Waals surface area contributed by atoms with Crippen LogP contribution in [0.5, 0.6) is 0 Å². The van der Waals surface area contributed by atoms with Crippen molar-refractivity contribution < 1.29 is 9.21 Å². The molecule has 0 bridgehead atoms. The zero-order valence-corrected chi connectivity index (χ0v) is 5.34. The van der Waals surface area contributed by atoms with E-state index in [-0.39, 0.29) is 5.78 Å². The van der Waals surface area contributed by atoms with Crippen molar-refractivity contribution in [1.29, 1.82) is 0 Å². The fourth-order valence-electron chi connectivity index (χ4n) is 0.524. The molecule has 0 radical (unpaired) electrons. The molecule has 0 aromatic carbocycles. The molecule has 1 aromatic heterocycles. The number of oxazole rings is 1. The first kappa shape index (κ1) is 6.01. The lowest BCUT2D eigenvalue weighted by molar-refractivity contribution is 0.0986. The minimum atomic E-state index is -0.0874. The topological polar surface area (TPSA) is 43.1 Å². The molecule has 1 heterocycles. The Morgan fingerprint density at radius 3 is 2.67 bits per heavy atom. The van der Waals surface area contributed by atoms with Gasteiger partial charge in [0, 0.05) is 13.8 Å². The molecule has 1 rings (SSSR count). The molecule has 3 heteroatoms. The number of nitrogens with zero attached hydrogens (tertiary/aromatic N) is 1. The van der Waals surface area contributed by atoms with Crippen LogP contribution in [0.2, 0.25) is 0 Å². The monoisotopic (exact) mass is 125 g/mol. The molecule has 9 heavy (non-hydrogen) atoms. The van der Waals surface area contributed by atoms with Crippen LogP contribution in [-0.2, 0) is 0 Å². The first-order chi connectivity index (χ1) is 4.20. The van der Waals surface area contributed by atoms with Gasteiger partial charge in [-0.1, -0.05) is 0 Å². The van der Waals surface area contributed by atoms with E-state index < -0.39 is 0 Å². The summed E-state index contributed by atoms with van der Waals surface area (Å²) >= 11 is 0. The van der Waals surface area contributed by atoms with Crippen molar-refractivity contribution in [3.05, 3.63) is 17.8 Å². The number of ketones is 1. The molecule has 48 valence electrons. The summed E-state index contributed by atoms with van der Waals surface area (Å²) in [5.41, 5.74) is 0. The van der Waals surface area contributed by atoms with Gasteiger partial charge in [0.1, 0.15) is 0 Å². The molecule has 0 atom stereocenters. The van der Waals surface area contributed by atoms with Gasteiger partial charge in [-0.2, -0.15) is 0 Å². The van der Waals surface area contributed by atoms with Crippen molar-refractivity contribution in [3.8, 4) is 0 Å². The summed E-state index contributed by atoms with van der Waals surface area (Å²) in [5, 5.41) is 0. The summed E-state index contributed by atoms with van der Waals surface area (Å²) in [7, 11) is 0. The number of hydrogen-bond acceptors (Lipinski definition) is 3. The highest BCUT2D eigenvalue weighted by atomic mass is 16.4. The van der Waals surface area contributed by atoms with Gasteiger partial charge in [-0.05, 0) is 0 Å². The largest absolute Gasteiger partial charge is 0.438 e. The average Bonchev–Trinajstić information content (AvgIpc) is 2.14. The van der Waals surface area contributed by atoms with Crippen LogP contribution in [0.1, 0.15) is 23.4 Å². The normalized spacial score (nSPS) is 9.56. The zero-order chi connectivity index (χ0) is 6.85. The van der Waals surface area contributed by atoms with Crippen LogP contribution in [0, 0.1) is 6.92 Å². The van der Waals surface area contributed by atoms with Crippen molar-refractivity contribution in [2.24, 2.45) is 0 Å². The molecule has 0 saturated heterocycles. The fourth-order valence-corrected chi connectivity index (χ4v) is 0.524. The summed E-state index contributed by atoms with van der Waals surface area (Å²) in [6.07, 6.45) is 1.43. The van der Waals surface area contributed by atoms with Crippen LogP contribution in [0.3, 0.4) is 0 Å². The molecular formula is C6H7NO2. The number of rotatable bonds is 1. The summed E-state index contributed by atoms with van der Waals surface area (Å²) in [6.45, 7) is 3.15. The zero-order valence-electron chi connectivity index (χ0n) is 5.34. The van der Waals surface area contributed by atoms with E-state index in [4.69, 9.17) is 4.42 Å². The second kappa shape index (κ2) is 2.01. The third-order valence-corrected chi connectivity index (χ3v) is 0.968. The SMILES string of the molecule is CC(=O)c1cnc(C)o1. The lowest BCUT2D eigenvalue weighted by Gasteiger charge is -1.80.